The van der Waals surface area contributed by atoms with Gasteiger partial charge in [-0.15, -0.1) is 0 Å². The molecular weight excluding hydrogens is 248 g/mol. The van der Waals surface area contributed by atoms with E-state index in [0.717, 1.165) is 22.8 Å². The van der Waals surface area contributed by atoms with Crippen LogP contribution in [0.5, 0.6) is 0 Å². The molecule has 0 aliphatic carbocycles. The molecule has 0 saturated heterocycles. The van der Waals surface area contributed by atoms with Gasteiger partial charge in [-0.2, -0.15) is 10.2 Å². The van der Waals surface area contributed by atoms with Crippen LogP contribution in [0.3, 0.4) is 0 Å². The molecule has 6 nitrogen and oxygen atoms in total. The molecule has 18 heavy (non-hydrogen) atoms. The molecular formula is C11H16N6S. The van der Waals surface area contributed by atoms with Crippen LogP contribution in [-0.2, 0) is 20.6 Å². The van der Waals surface area contributed by atoms with Crippen molar-refractivity contribution < 1.29 is 0 Å². The number of rotatable bonds is 4. The zero-order valence-electron chi connectivity index (χ0n) is 10.6. The molecule has 7 heteroatoms. The van der Waals surface area contributed by atoms with Gasteiger partial charge in [0.05, 0.1) is 23.5 Å². The molecule has 0 aliphatic rings. The Labute approximate surface area is 111 Å². The fourth-order valence-corrected chi connectivity index (χ4v) is 2.13. The summed E-state index contributed by atoms with van der Waals surface area (Å²) in [6.07, 6.45) is 1.90. The molecule has 0 unspecified atom stereocenters. The first-order chi connectivity index (χ1) is 8.49. The van der Waals surface area contributed by atoms with Crippen LogP contribution in [0.25, 0.3) is 0 Å². The van der Waals surface area contributed by atoms with Crippen LogP contribution < -0.4 is 11.1 Å². The number of hydrogen-bond donors (Lipinski definition) is 2. The van der Waals surface area contributed by atoms with Gasteiger partial charge in [-0.1, -0.05) is 12.2 Å². The largest absolute Gasteiger partial charge is 0.389 e. The van der Waals surface area contributed by atoms with Crippen LogP contribution in [0.2, 0.25) is 0 Å². The molecule has 0 radical (unpaired) electrons. The summed E-state index contributed by atoms with van der Waals surface area (Å²) in [7, 11) is 3.74. The van der Waals surface area contributed by atoms with Crippen molar-refractivity contribution in [3.8, 4) is 0 Å². The zero-order valence-corrected chi connectivity index (χ0v) is 11.5. The maximum atomic E-state index is 5.72. The smallest absolute Gasteiger partial charge is 0.134 e. The van der Waals surface area contributed by atoms with Gasteiger partial charge < -0.3 is 11.1 Å². The Hall–Kier alpha value is -1.89. The molecule has 2 aromatic heterocycles. The van der Waals surface area contributed by atoms with Crippen LogP contribution in [0, 0.1) is 6.92 Å². The SMILES string of the molecule is Cc1nn(C)c(NCc2ccn(C)n2)c1C(N)=S. The molecule has 0 fully saturated rings. The number of nitrogens with one attached hydrogen (secondary N) is 1. The maximum absolute atomic E-state index is 5.72. The molecule has 96 valence electrons. The number of nitrogens with two attached hydrogens (primary N) is 1. The van der Waals surface area contributed by atoms with Gasteiger partial charge in [0.15, 0.2) is 0 Å². The zero-order chi connectivity index (χ0) is 13.3. The maximum Gasteiger partial charge on any atom is 0.134 e. The van der Waals surface area contributed by atoms with Gasteiger partial charge >= 0.3 is 0 Å². The lowest BCUT2D eigenvalue weighted by molar-refractivity contribution is 0.737. The number of thiocarbonyl (C=S) groups is 1. The van der Waals surface area contributed by atoms with Crippen LogP contribution in [0.1, 0.15) is 17.0 Å². The molecule has 0 aromatic carbocycles. The van der Waals surface area contributed by atoms with Crippen molar-refractivity contribution in [2.45, 2.75) is 13.5 Å². The predicted octanol–water partition coefficient (Wildman–Crippen LogP) is 0.708. The van der Waals surface area contributed by atoms with E-state index < -0.39 is 0 Å². The predicted molar refractivity (Wildman–Crippen MR) is 74.4 cm³/mol. The minimum absolute atomic E-state index is 0.351. The summed E-state index contributed by atoms with van der Waals surface area (Å²) in [5.74, 6) is 0.825. The molecule has 2 heterocycles. The van der Waals surface area contributed by atoms with Crippen molar-refractivity contribution in [1.82, 2.24) is 19.6 Å². The van der Waals surface area contributed by atoms with Crippen molar-refractivity contribution in [3.63, 3.8) is 0 Å². The summed E-state index contributed by atoms with van der Waals surface area (Å²) in [4.78, 5) is 0.351. The van der Waals surface area contributed by atoms with Gasteiger partial charge in [0.25, 0.3) is 0 Å². The van der Waals surface area contributed by atoms with E-state index in [1.54, 1.807) is 9.36 Å². The van der Waals surface area contributed by atoms with Gasteiger partial charge in [0, 0.05) is 20.3 Å². The number of aromatic nitrogens is 4. The fourth-order valence-electron chi connectivity index (χ4n) is 1.89. The van der Waals surface area contributed by atoms with E-state index in [1.807, 2.05) is 33.3 Å². The Bertz CT molecular complexity index is 582. The highest BCUT2D eigenvalue weighted by atomic mass is 32.1. The van der Waals surface area contributed by atoms with E-state index in [0.29, 0.717) is 11.5 Å². The summed E-state index contributed by atoms with van der Waals surface area (Å²) in [6, 6.07) is 1.96. The highest BCUT2D eigenvalue weighted by Crippen LogP contribution is 2.19. The van der Waals surface area contributed by atoms with Gasteiger partial charge in [-0.05, 0) is 13.0 Å². The van der Waals surface area contributed by atoms with Crippen molar-refractivity contribution >= 4 is 23.0 Å². The summed E-state index contributed by atoms with van der Waals surface area (Å²) >= 11 is 5.05. The second kappa shape index (κ2) is 4.77. The van der Waals surface area contributed by atoms with Crippen LogP contribution in [0.4, 0.5) is 5.82 Å². The van der Waals surface area contributed by atoms with E-state index >= 15 is 0 Å². The second-order valence-electron chi connectivity index (χ2n) is 4.13. The first-order valence-electron chi connectivity index (χ1n) is 5.55. The third-order valence-electron chi connectivity index (χ3n) is 2.67. The van der Waals surface area contributed by atoms with Crippen LogP contribution in [-0.4, -0.2) is 24.5 Å². The topological polar surface area (TPSA) is 73.7 Å². The normalized spacial score (nSPS) is 10.6. The molecule has 0 atom stereocenters. The summed E-state index contributed by atoms with van der Waals surface area (Å²) in [5.41, 5.74) is 8.29. The number of nitrogens with zero attached hydrogens (tertiary/aromatic N) is 4. The minimum Gasteiger partial charge on any atom is -0.389 e. The molecule has 2 rings (SSSR count). The minimum atomic E-state index is 0.351. The lowest BCUT2D eigenvalue weighted by atomic mass is 10.2. The molecule has 0 saturated carbocycles. The van der Waals surface area contributed by atoms with Crippen molar-refractivity contribution in [3.05, 3.63) is 29.2 Å². The van der Waals surface area contributed by atoms with E-state index in [4.69, 9.17) is 18.0 Å². The van der Waals surface area contributed by atoms with Crippen molar-refractivity contribution in [1.29, 1.82) is 0 Å². The molecule has 3 N–H and O–H groups in total. The Morgan fingerprint density at radius 1 is 1.44 bits per heavy atom. The summed E-state index contributed by atoms with van der Waals surface area (Å²) in [5, 5.41) is 11.9. The van der Waals surface area contributed by atoms with Crippen molar-refractivity contribution in [2.75, 3.05) is 5.32 Å². The average Bonchev–Trinajstić information content (AvgIpc) is 2.79. The van der Waals surface area contributed by atoms with Gasteiger partial charge in [0.1, 0.15) is 10.8 Å². The van der Waals surface area contributed by atoms with Gasteiger partial charge in [-0.25, -0.2) is 0 Å². The first kappa shape index (κ1) is 12.6. The molecule has 0 aliphatic heterocycles. The van der Waals surface area contributed by atoms with Crippen LogP contribution >= 0.6 is 12.2 Å². The number of aryl methyl sites for hydroxylation is 3. The molecule has 0 bridgehead atoms. The Balaban J connectivity index is 2.21. The monoisotopic (exact) mass is 264 g/mol. The number of hydrogen-bond acceptors (Lipinski definition) is 4. The van der Waals surface area contributed by atoms with E-state index in [-0.39, 0.29) is 0 Å². The van der Waals surface area contributed by atoms with Gasteiger partial charge in [0.2, 0.25) is 0 Å². The van der Waals surface area contributed by atoms with Crippen molar-refractivity contribution in [2.24, 2.45) is 19.8 Å². The highest BCUT2D eigenvalue weighted by molar-refractivity contribution is 7.80. The Morgan fingerprint density at radius 3 is 2.72 bits per heavy atom. The Morgan fingerprint density at radius 2 is 2.17 bits per heavy atom. The molecule has 0 spiro atoms. The van der Waals surface area contributed by atoms with E-state index in [9.17, 15) is 0 Å². The number of anilines is 1. The average molecular weight is 264 g/mol. The summed E-state index contributed by atoms with van der Waals surface area (Å²) < 4.78 is 3.51. The van der Waals surface area contributed by atoms with Crippen LogP contribution in [0.15, 0.2) is 12.3 Å². The highest BCUT2D eigenvalue weighted by Gasteiger charge is 2.15. The molecule has 2 aromatic rings. The third-order valence-corrected chi connectivity index (χ3v) is 2.88. The standard InChI is InChI=1S/C11H16N6S/c1-7-9(10(12)18)11(17(3)14-7)13-6-8-4-5-16(2)15-8/h4-5,13H,6H2,1-3H3,(H2,12,18). The lowest BCUT2D eigenvalue weighted by Crippen LogP contribution is -2.14. The Kier molecular flexibility index (Phi) is 3.33. The fraction of sp³-hybridized carbons (Fsp3) is 0.364. The second-order valence-corrected chi connectivity index (χ2v) is 4.57. The lowest BCUT2D eigenvalue weighted by Gasteiger charge is -2.07. The quantitative estimate of drug-likeness (QED) is 0.796. The van der Waals surface area contributed by atoms with E-state index in [2.05, 4.69) is 15.5 Å². The van der Waals surface area contributed by atoms with Gasteiger partial charge in [-0.3, -0.25) is 9.36 Å². The molecule has 0 amide bonds. The first-order valence-corrected chi connectivity index (χ1v) is 5.95. The third kappa shape index (κ3) is 2.35. The van der Waals surface area contributed by atoms with E-state index in [1.165, 1.54) is 0 Å². The summed E-state index contributed by atoms with van der Waals surface area (Å²) in [6.45, 7) is 2.50.